The van der Waals surface area contributed by atoms with Gasteiger partial charge >= 0.3 is 7.60 Å². The molecule has 2 aromatic carbocycles. The van der Waals surface area contributed by atoms with Crippen molar-refractivity contribution < 1.29 is 32.6 Å². The van der Waals surface area contributed by atoms with Crippen molar-refractivity contribution in [3.05, 3.63) is 42.0 Å². The normalized spacial score (nSPS) is 12.2. The first kappa shape index (κ1) is 21.9. The Kier molecular flexibility index (Phi) is 7.57. The zero-order valence-corrected chi connectivity index (χ0v) is 17.7. The molecule has 0 spiro atoms. The van der Waals surface area contributed by atoms with Crippen LogP contribution in [0.5, 0.6) is 23.0 Å². The molecule has 1 atom stereocenters. The van der Waals surface area contributed by atoms with Gasteiger partial charge < -0.3 is 33.3 Å². The Balaban J connectivity index is 2.52. The predicted octanol–water partition coefficient (Wildman–Crippen LogP) is 4.32. The lowest BCUT2D eigenvalue weighted by atomic mass is 10.2. The lowest BCUT2D eigenvalue weighted by Crippen LogP contribution is -2.14. The van der Waals surface area contributed by atoms with Gasteiger partial charge in [-0.3, -0.25) is 4.57 Å². The Hall–Kier alpha value is -2.41. The molecule has 28 heavy (non-hydrogen) atoms. The summed E-state index contributed by atoms with van der Waals surface area (Å²) in [7, 11) is 5.31. The third-order valence-corrected chi connectivity index (χ3v) is 6.30. The van der Waals surface area contributed by atoms with E-state index < -0.39 is 13.4 Å². The van der Waals surface area contributed by atoms with E-state index in [-0.39, 0.29) is 0 Å². The van der Waals surface area contributed by atoms with Gasteiger partial charge in [-0.05, 0) is 17.7 Å². The Morgan fingerprint density at radius 3 is 1.71 bits per heavy atom. The van der Waals surface area contributed by atoms with E-state index >= 15 is 0 Å². The van der Waals surface area contributed by atoms with Crippen LogP contribution < -0.4 is 24.3 Å². The van der Waals surface area contributed by atoms with Crippen molar-refractivity contribution in [3.63, 3.8) is 0 Å². The summed E-state index contributed by atoms with van der Waals surface area (Å²) in [5.74, 6) is 1.28. The molecular weight excluding hydrogens is 385 g/mol. The van der Waals surface area contributed by atoms with Gasteiger partial charge in [0.25, 0.3) is 0 Å². The zero-order chi connectivity index (χ0) is 20.7. The minimum Gasteiger partial charge on any atom is -0.497 e. The Morgan fingerprint density at radius 2 is 1.32 bits per heavy atom. The number of rotatable bonds is 10. The van der Waals surface area contributed by atoms with E-state index in [4.69, 9.17) is 28.0 Å². The van der Waals surface area contributed by atoms with E-state index in [2.05, 4.69) is 5.32 Å². The number of methoxy groups -OCH3 is 4. The first-order valence-corrected chi connectivity index (χ1v) is 9.99. The van der Waals surface area contributed by atoms with Gasteiger partial charge in [0.1, 0.15) is 5.75 Å². The van der Waals surface area contributed by atoms with Gasteiger partial charge in [-0.15, -0.1) is 0 Å². The molecule has 0 aliphatic rings. The van der Waals surface area contributed by atoms with Crippen molar-refractivity contribution in [3.8, 4) is 23.0 Å². The molecule has 1 N–H and O–H groups in total. The summed E-state index contributed by atoms with van der Waals surface area (Å²) in [6, 6.07) is 10.6. The van der Waals surface area contributed by atoms with Crippen molar-refractivity contribution in [2.45, 2.75) is 5.78 Å². The van der Waals surface area contributed by atoms with Crippen LogP contribution >= 0.6 is 7.60 Å². The van der Waals surface area contributed by atoms with Crippen LogP contribution in [0.25, 0.3) is 0 Å². The van der Waals surface area contributed by atoms with Crippen molar-refractivity contribution >= 4 is 13.3 Å². The summed E-state index contributed by atoms with van der Waals surface area (Å²) in [6.45, 7) is 0. The highest BCUT2D eigenvalue weighted by Crippen LogP contribution is 2.60. The van der Waals surface area contributed by atoms with Gasteiger partial charge in [-0.25, -0.2) is 0 Å². The maximum absolute atomic E-state index is 13.2. The maximum Gasteiger partial charge on any atom is 0.356 e. The fourth-order valence-electron chi connectivity index (χ4n) is 2.74. The van der Waals surface area contributed by atoms with Crippen LogP contribution in [-0.2, 0) is 13.6 Å². The number of hydrogen-bond donors (Lipinski definition) is 1. The van der Waals surface area contributed by atoms with E-state index in [1.54, 1.807) is 43.5 Å². The SMILES string of the molecule is COc1ccc(C(Nc2cc(OC)c(OC)c(OC)c2)P(=O)(OC)OC)cc1. The van der Waals surface area contributed by atoms with Crippen LogP contribution in [0.3, 0.4) is 0 Å². The van der Waals surface area contributed by atoms with E-state index in [0.29, 0.717) is 34.2 Å². The molecule has 8 nitrogen and oxygen atoms in total. The van der Waals surface area contributed by atoms with Crippen LogP contribution in [0.2, 0.25) is 0 Å². The molecule has 1 unspecified atom stereocenters. The monoisotopic (exact) mass is 411 g/mol. The van der Waals surface area contributed by atoms with Crippen LogP contribution in [-0.4, -0.2) is 42.7 Å². The molecule has 0 bridgehead atoms. The number of hydrogen-bond acceptors (Lipinski definition) is 8. The largest absolute Gasteiger partial charge is 0.497 e. The Morgan fingerprint density at radius 1 is 0.786 bits per heavy atom. The van der Waals surface area contributed by atoms with Gasteiger partial charge in [-0.1, -0.05) is 12.1 Å². The first-order chi connectivity index (χ1) is 13.5. The lowest BCUT2D eigenvalue weighted by Gasteiger charge is -2.27. The average molecular weight is 411 g/mol. The van der Waals surface area contributed by atoms with Crippen molar-refractivity contribution in [2.75, 3.05) is 48.0 Å². The van der Waals surface area contributed by atoms with Gasteiger partial charge in [0.15, 0.2) is 17.3 Å². The molecule has 154 valence electrons. The summed E-state index contributed by atoms with van der Waals surface area (Å²) in [5.41, 5.74) is 1.28. The first-order valence-electron chi connectivity index (χ1n) is 8.38. The Labute approximate surface area is 165 Å². The van der Waals surface area contributed by atoms with E-state index in [9.17, 15) is 4.57 Å². The lowest BCUT2D eigenvalue weighted by molar-refractivity contribution is 0.268. The summed E-state index contributed by atoms with van der Waals surface area (Å²) >= 11 is 0. The zero-order valence-electron chi connectivity index (χ0n) is 16.8. The molecule has 2 rings (SSSR count). The summed E-state index contributed by atoms with van der Waals surface area (Å²) in [4.78, 5) is 0. The highest BCUT2D eigenvalue weighted by atomic mass is 31.2. The fraction of sp³-hybridized carbons (Fsp3) is 0.368. The van der Waals surface area contributed by atoms with E-state index in [1.807, 2.05) is 0 Å². The van der Waals surface area contributed by atoms with Crippen molar-refractivity contribution in [1.29, 1.82) is 0 Å². The molecule has 0 radical (unpaired) electrons. The molecule has 0 amide bonds. The number of anilines is 1. The van der Waals surface area contributed by atoms with Crippen LogP contribution in [0.4, 0.5) is 5.69 Å². The highest BCUT2D eigenvalue weighted by molar-refractivity contribution is 7.54. The Bertz CT molecular complexity index is 793. The van der Waals surface area contributed by atoms with Crippen molar-refractivity contribution in [1.82, 2.24) is 0 Å². The fourth-order valence-corrected chi connectivity index (χ4v) is 4.15. The molecule has 0 fully saturated rings. The minimum absolute atomic E-state index is 0.457. The molecule has 0 saturated heterocycles. The molecule has 2 aromatic rings. The maximum atomic E-state index is 13.2. The van der Waals surface area contributed by atoms with Gasteiger partial charge in [-0.2, -0.15) is 0 Å². The van der Waals surface area contributed by atoms with Crippen molar-refractivity contribution in [2.24, 2.45) is 0 Å². The molecule has 0 saturated carbocycles. The molecular formula is C19H26NO7P. The molecule has 0 aliphatic heterocycles. The van der Waals surface area contributed by atoms with E-state index in [1.165, 1.54) is 35.5 Å². The van der Waals surface area contributed by atoms with Gasteiger partial charge in [0, 0.05) is 32.0 Å². The number of nitrogens with one attached hydrogen (secondary N) is 1. The average Bonchev–Trinajstić information content (AvgIpc) is 2.76. The minimum atomic E-state index is -3.53. The van der Waals surface area contributed by atoms with Crippen LogP contribution in [0.1, 0.15) is 11.3 Å². The number of benzene rings is 2. The standard InChI is InChI=1S/C19H26NO7P/c1-22-15-9-7-13(8-10-15)19(28(21,26-5)27-6)20-14-11-16(23-2)18(25-4)17(12-14)24-3/h7-12,19-20H,1-6H3. The second-order valence-electron chi connectivity index (χ2n) is 5.64. The molecule has 0 heterocycles. The summed E-state index contributed by atoms with van der Waals surface area (Å²) < 4.78 is 45.0. The predicted molar refractivity (Wildman–Crippen MR) is 107 cm³/mol. The van der Waals surface area contributed by atoms with Crippen LogP contribution in [0, 0.1) is 0 Å². The second-order valence-corrected chi connectivity index (χ2v) is 7.97. The molecule has 0 aromatic heterocycles. The molecule has 9 heteroatoms. The third-order valence-electron chi connectivity index (χ3n) is 4.22. The summed E-state index contributed by atoms with van der Waals surface area (Å²) in [6.07, 6.45) is 0. The van der Waals surface area contributed by atoms with Crippen LogP contribution in [0.15, 0.2) is 36.4 Å². The summed E-state index contributed by atoms with van der Waals surface area (Å²) in [5, 5.41) is 3.21. The number of ether oxygens (including phenoxy) is 4. The smallest absolute Gasteiger partial charge is 0.356 e. The topological polar surface area (TPSA) is 84.5 Å². The third kappa shape index (κ3) is 4.52. The van der Waals surface area contributed by atoms with E-state index in [0.717, 1.165) is 0 Å². The highest BCUT2D eigenvalue weighted by Gasteiger charge is 2.36. The second kappa shape index (κ2) is 9.68. The quantitative estimate of drug-likeness (QED) is 0.579. The van der Waals surface area contributed by atoms with Gasteiger partial charge in [0.2, 0.25) is 5.75 Å². The van der Waals surface area contributed by atoms with Gasteiger partial charge in [0.05, 0.1) is 28.4 Å². The molecule has 0 aliphatic carbocycles.